The van der Waals surface area contributed by atoms with E-state index in [1.807, 2.05) is 7.05 Å². The van der Waals surface area contributed by atoms with Gasteiger partial charge in [0.25, 0.3) is 0 Å². The lowest BCUT2D eigenvalue weighted by Gasteiger charge is -2.21. The summed E-state index contributed by atoms with van der Waals surface area (Å²) in [5.41, 5.74) is 0. The van der Waals surface area contributed by atoms with E-state index in [1.54, 1.807) is 4.90 Å². The third kappa shape index (κ3) is 7.55. The molecule has 3 nitrogen and oxygen atoms in total. The van der Waals surface area contributed by atoms with E-state index in [1.165, 1.54) is 19.3 Å². The van der Waals surface area contributed by atoms with Crippen LogP contribution in [0.3, 0.4) is 0 Å². The molecule has 2 amide bonds. The van der Waals surface area contributed by atoms with Crippen LogP contribution in [-0.4, -0.2) is 30.6 Å². The number of urea groups is 1. The fraction of sp³-hybridized carbons (Fsp3) is 0.923. The molecular weight excluding hydrogens is 200 g/mol. The van der Waals surface area contributed by atoms with Gasteiger partial charge in [-0.15, -0.1) is 0 Å². The zero-order valence-corrected chi connectivity index (χ0v) is 11.4. The van der Waals surface area contributed by atoms with Gasteiger partial charge in [0.15, 0.2) is 0 Å². The molecular formula is C13H28N2O. The molecule has 0 fully saturated rings. The number of hydrogen-bond acceptors (Lipinski definition) is 1. The molecule has 0 saturated carbocycles. The Balaban J connectivity index is 3.67. The van der Waals surface area contributed by atoms with Crippen molar-refractivity contribution in [2.45, 2.75) is 65.3 Å². The SMILES string of the molecule is CCCCCC(C)NC(=O)N(C)CCCC. The summed E-state index contributed by atoms with van der Waals surface area (Å²) in [5.74, 6) is 0. The summed E-state index contributed by atoms with van der Waals surface area (Å²) < 4.78 is 0. The van der Waals surface area contributed by atoms with Crippen molar-refractivity contribution in [1.29, 1.82) is 0 Å². The molecule has 96 valence electrons. The Kier molecular flexibility index (Phi) is 9.06. The number of hydrogen-bond donors (Lipinski definition) is 1. The first kappa shape index (κ1) is 15.3. The number of amides is 2. The molecule has 0 saturated heterocycles. The average molecular weight is 228 g/mol. The minimum Gasteiger partial charge on any atom is -0.336 e. The molecule has 0 spiro atoms. The summed E-state index contributed by atoms with van der Waals surface area (Å²) in [7, 11) is 1.86. The monoisotopic (exact) mass is 228 g/mol. The number of unbranched alkanes of at least 4 members (excludes halogenated alkanes) is 3. The maximum atomic E-state index is 11.7. The van der Waals surface area contributed by atoms with E-state index in [9.17, 15) is 4.79 Å². The molecule has 1 unspecified atom stereocenters. The van der Waals surface area contributed by atoms with Crippen molar-refractivity contribution in [3.8, 4) is 0 Å². The van der Waals surface area contributed by atoms with E-state index in [0.717, 1.165) is 25.8 Å². The maximum Gasteiger partial charge on any atom is 0.317 e. The highest BCUT2D eigenvalue weighted by Gasteiger charge is 2.10. The molecule has 1 atom stereocenters. The number of carbonyl (C=O) groups is 1. The summed E-state index contributed by atoms with van der Waals surface area (Å²) in [6, 6.07) is 0.362. The average Bonchev–Trinajstić information content (AvgIpc) is 2.26. The highest BCUT2D eigenvalue weighted by molar-refractivity contribution is 5.74. The quantitative estimate of drug-likeness (QED) is 0.634. The maximum absolute atomic E-state index is 11.7. The van der Waals surface area contributed by atoms with Crippen LogP contribution in [-0.2, 0) is 0 Å². The second-order valence-corrected chi connectivity index (χ2v) is 4.62. The fourth-order valence-electron chi connectivity index (χ4n) is 1.59. The van der Waals surface area contributed by atoms with Crippen molar-refractivity contribution in [2.75, 3.05) is 13.6 Å². The Morgan fingerprint density at radius 3 is 2.38 bits per heavy atom. The van der Waals surface area contributed by atoms with Crippen LogP contribution in [0.25, 0.3) is 0 Å². The molecule has 0 aliphatic carbocycles. The van der Waals surface area contributed by atoms with Crippen molar-refractivity contribution in [3.63, 3.8) is 0 Å². The summed E-state index contributed by atoms with van der Waals surface area (Å²) in [4.78, 5) is 13.5. The first-order valence-corrected chi connectivity index (χ1v) is 6.63. The topological polar surface area (TPSA) is 32.3 Å². The van der Waals surface area contributed by atoms with Gasteiger partial charge in [-0.1, -0.05) is 39.5 Å². The van der Waals surface area contributed by atoms with E-state index in [4.69, 9.17) is 0 Å². The normalized spacial score (nSPS) is 12.2. The van der Waals surface area contributed by atoms with Crippen LogP contribution < -0.4 is 5.32 Å². The predicted octanol–water partition coefficient (Wildman–Crippen LogP) is 3.40. The predicted molar refractivity (Wildman–Crippen MR) is 69.7 cm³/mol. The minimum absolute atomic E-state index is 0.0671. The first-order chi connectivity index (χ1) is 7.61. The Bertz CT molecular complexity index is 183. The number of rotatable bonds is 8. The van der Waals surface area contributed by atoms with E-state index in [0.29, 0.717) is 6.04 Å². The van der Waals surface area contributed by atoms with E-state index in [-0.39, 0.29) is 6.03 Å². The molecule has 0 heterocycles. The third-order valence-electron chi connectivity index (χ3n) is 2.80. The van der Waals surface area contributed by atoms with Gasteiger partial charge in [-0.25, -0.2) is 4.79 Å². The van der Waals surface area contributed by atoms with E-state index in [2.05, 4.69) is 26.1 Å². The van der Waals surface area contributed by atoms with Crippen LogP contribution in [0.15, 0.2) is 0 Å². The standard InChI is InChI=1S/C13H28N2O/c1-5-7-9-10-12(3)14-13(16)15(4)11-8-6-2/h12H,5-11H2,1-4H3,(H,14,16). The molecule has 1 N–H and O–H groups in total. The van der Waals surface area contributed by atoms with Gasteiger partial charge in [0.2, 0.25) is 0 Å². The zero-order chi connectivity index (χ0) is 12.4. The highest BCUT2D eigenvalue weighted by Crippen LogP contribution is 2.03. The van der Waals surface area contributed by atoms with Crippen molar-refractivity contribution < 1.29 is 4.79 Å². The summed E-state index contributed by atoms with van der Waals surface area (Å²) >= 11 is 0. The second kappa shape index (κ2) is 9.49. The number of carbonyl (C=O) groups excluding carboxylic acids is 1. The van der Waals surface area contributed by atoms with Gasteiger partial charge in [0.05, 0.1) is 0 Å². The van der Waals surface area contributed by atoms with Gasteiger partial charge in [-0.2, -0.15) is 0 Å². The zero-order valence-electron chi connectivity index (χ0n) is 11.4. The Morgan fingerprint density at radius 1 is 1.19 bits per heavy atom. The molecule has 0 aromatic rings. The van der Waals surface area contributed by atoms with Crippen LogP contribution >= 0.6 is 0 Å². The van der Waals surface area contributed by atoms with Crippen LogP contribution in [0.2, 0.25) is 0 Å². The van der Waals surface area contributed by atoms with Gasteiger partial charge in [0.1, 0.15) is 0 Å². The number of nitrogens with one attached hydrogen (secondary N) is 1. The van der Waals surface area contributed by atoms with E-state index >= 15 is 0 Å². The summed E-state index contributed by atoms with van der Waals surface area (Å²) in [6.07, 6.45) is 6.98. The van der Waals surface area contributed by atoms with Gasteiger partial charge >= 0.3 is 6.03 Å². The van der Waals surface area contributed by atoms with Crippen molar-refractivity contribution in [3.05, 3.63) is 0 Å². The summed E-state index contributed by atoms with van der Waals surface area (Å²) in [5, 5.41) is 3.03. The molecule has 0 rings (SSSR count). The van der Waals surface area contributed by atoms with Crippen LogP contribution in [0.4, 0.5) is 4.79 Å². The van der Waals surface area contributed by atoms with Crippen LogP contribution in [0.1, 0.15) is 59.3 Å². The van der Waals surface area contributed by atoms with Gasteiger partial charge in [-0.05, 0) is 19.8 Å². The highest BCUT2D eigenvalue weighted by atomic mass is 16.2. The van der Waals surface area contributed by atoms with Gasteiger partial charge in [-0.3, -0.25) is 0 Å². The van der Waals surface area contributed by atoms with Gasteiger partial charge < -0.3 is 10.2 Å². The Labute approximate surface area is 101 Å². The fourth-order valence-corrected chi connectivity index (χ4v) is 1.59. The lowest BCUT2D eigenvalue weighted by atomic mass is 10.1. The first-order valence-electron chi connectivity index (χ1n) is 6.63. The molecule has 0 aromatic carbocycles. The Hall–Kier alpha value is -0.730. The van der Waals surface area contributed by atoms with Crippen LogP contribution in [0.5, 0.6) is 0 Å². The summed E-state index contributed by atoms with van der Waals surface area (Å²) in [6.45, 7) is 7.27. The lowest BCUT2D eigenvalue weighted by Crippen LogP contribution is -2.42. The van der Waals surface area contributed by atoms with Crippen molar-refractivity contribution in [2.24, 2.45) is 0 Å². The van der Waals surface area contributed by atoms with E-state index < -0.39 is 0 Å². The molecule has 0 aromatic heterocycles. The van der Waals surface area contributed by atoms with Crippen molar-refractivity contribution >= 4 is 6.03 Å². The van der Waals surface area contributed by atoms with Crippen LogP contribution in [0, 0.1) is 0 Å². The molecule has 0 aliphatic heterocycles. The second-order valence-electron chi connectivity index (χ2n) is 4.62. The Morgan fingerprint density at radius 2 is 1.81 bits per heavy atom. The molecule has 16 heavy (non-hydrogen) atoms. The largest absolute Gasteiger partial charge is 0.336 e. The molecule has 3 heteroatoms. The smallest absolute Gasteiger partial charge is 0.317 e. The van der Waals surface area contributed by atoms with Crippen molar-refractivity contribution in [1.82, 2.24) is 10.2 Å². The number of nitrogens with zero attached hydrogens (tertiary/aromatic N) is 1. The lowest BCUT2D eigenvalue weighted by molar-refractivity contribution is 0.204. The molecule has 0 radical (unpaired) electrons. The minimum atomic E-state index is 0.0671. The molecule has 0 aliphatic rings. The third-order valence-corrected chi connectivity index (χ3v) is 2.80. The molecule has 0 bridgehead atoms. The van der Waals surface area contributed by atoms with Gasteiger partial charge in [0, 0.05) is 19.6 Å².